The standard InChI is InChI=1S/C16H16ClNO2/c17-14-6-1-13(2-7-14)11-20-15-8-3-12(4-9-15)5-10-16(18)19/h1-4,6-9H,5,10-11H2,(H2,18,19). The number of rotatable bonds is 6. The molecule has 2 N–H and O–H groups in total. The molecule has 0 bridgehead atoms. The maximum absolute atomic E-state index is 10.7. The lowest BCUT2D eigenvalue weighted by Crippen LogP contribution is -2.11. The van der Waals surface area contributed by atoms with Crippen molar-refractivity contribution < 1.29 is 9.53 Å². The van der Waals surface area contributed by atoms with E-state index < -0.39 is 0 Å². The van der Waals surface area contributed by atoms with Crippen LogP contribution in [0, 0.1) is 0 Å². The average Bonchev–Trinajstić information content (AvgIpc) is 2.45. The SMILES string of the molecule is NC(=O)CCc1ccc(OCc2ccc(Cl)cc2)cc1. The highest BCUT2D eigenvalue weighted by atomic mass is 35.5. The zero-order valence-electron chi connectivity index (χ0n) is 11.0. The van der Waals surface area contributed by atoms with Gasteiger partial charge in [0.2, 0.25) is 5.91 Å². The van der Waals surface area contributed by atoms with Crippen LogP contribution in [0.3, 0.4) is 0 Å². The van der Waals surface area contributed by atoms with Crippen LogP contribution in [0.2, 0.25) is 5.02 Å². The molecule has 0 atom stereocenters. The van der Waals surface area contributed by atoms with Crippen molar-refractivity contribution in [3.63, 3.8) is 0 Å². The van der Waals surface area contributed by atoms with Crippen LogP contribution in [0.1, 0.15) is 17.5 Å². The summed E-state index contributed by atoms with van der Waals surface area (Å²) in [4.78, 5) is 10.7. The molecule has 0 aliphatic heterocycles. The van der Waals surface area contributed by atoms with Gasteiger partial charge in [-0.3, -0.25) is 4.79 Å². The van der Waals surface area contributed by atoms with Gasteiger partial charge >= 0.3 is 0 Å². The molecule has 2 rings (SSSR count). The maximum Gasteiger partial charge on any atom is 0.217 e. The van der Waals surface area contributed by atoms with Gasteiger partial charge in [-0.2, -0.15) is 0 Å². The zero-order chi connectivity index (χ0) is 14.4. The van der Waals surface area contributed by atoms with Gasteiger partial charge in [-0.1, -0.05) is 35.9 Å². The van der Waals surface area contributed by atoms with Gasteiger partial charge in [0, 0.05) is 11.4 Å². The van der Waals surface area contributed by atoms with Gasteiger partial charge < -0.3 is 10.5 Å². The Balaban J connectivity index is 1.87. The number of benzene rings is 2. The molecule has 0 saturated carbocycles. The predicted molar refractivity (Wildman–Crippen MR) is 79.7 cm³/mol. The smallest absolute Gasteiger partial charge is 0.217 e. The summed E-state index contributed by atoms with van der Waals surface area (Å²) in [5.74, 6) is 0.510. The lowest BCUT2D eigenvalue weighted by molar-refractivity contribution is -0.117. The molecule has 1 amide bonds. The molecule has 0 saturated heterocycles. The molecule has 0 aliphatic rings. The minimum Gasteiger partial charge on any atom is -0.489 e. The largest absolute Gasteiger partial charge is 0.489 e. The molecule has 4 heteroatoms. The molecule has 0 spiro atoms. The normalized spacial score (nSPS) is 10.2. The monoisotopic (exact) mass is 289 g/mol. The molecule has 2 aromatic carbocycles. The second kappa shape index (κ2) is 6.96. The summed E-state index contributed by atoms with van der Waals surface area (Å²) in [7, 11) is 0. The highest BCUT2D eigenvalue weighted by Crippen LogP contribution is 2.16. The number of amides is 1. The molecule has 3 nitrogen and oxygen atoms in total. The first-order valence-electron chi connectivity index (χ1n) is 6.38. The van der Waals surface area contributed by atoms with Crippen LogP contribution in [-0.2, 0) is 17.8 Å². The fourth-order valence-corrected chi connectivity index (χ4v) is 1.89. The Kier molecular flexibility index (Phi) is 5.02. The lowest BCUT2D eigenvalue weighted by atomic mass is 10.1. The highest BCUT2D eigenvalue weighted by molar-refractivity contribution is 6.30. The van der Waals surface area contributed by atoms with E-state index in [1.807, 2.05) is 48.5 Å². The molecule has 0 fully saturated rings. The fraction of sp³-hybridized carbons (Fsp3) is 0.188. The maximum atomic E-state index is 10.7. The van der Waals surface area contributed by atoms with Crippen molar-refractivity contribution in [2.45, 2.75) is 19.4 Å². The van der Waals surface area contributed by atoms with Crippen molar-refractivity contribution in [2.24, 2.45) is 5.73 Å². The van der Waals surface area contributed by atoms with Crippen LogP contribution in [-0.4, -0.2) is 5.91 Å². The molecule has 0 radical (unpaired) electrons. The molecular formula is C16H16ClNO2. The Hall–Kier alpha value is -2.00. The van der Waals surface area contributed by atoms with Crippen LogP contribution < -0.4 is 10.5 Å². The lowest BCUT2D eigenvalue weighted by Gasteiger charge is -2.07. The molecular weight excluding hydrogens is 274 g/mol. The van der Waals surface area contributed by atoms with E-state index in [-0.39, 0.29) is 5.91 Å². The van der Waals surface area contributed by atoms with Crippen molar-refractivity contribution in [3.8, 4) is 5.75 Å². The highest BCUT2D eigenvalue weighted by Gasteiger charge is 1.99. The van der Waals surface area contributed by atoms with E-state index in [0.717, 1.165) is 16.9 Å². The first kappa shape index (κ1) is 14.4. The van der Waals surface area contributed by atoms with Crippen LogP contribution in [0.15, 0.2) is 48.5 Å². The zero-order valence-corrected chi connectivity index (χ0v) is 11.8. The van der Waals surface area contributed by atoms with Crippen molar-refractivity contribution in [3.05, 3.63) is 64.7 Å². The molecule has 0 heterocycles. The number of hydrogen-bond donors (Lipinski definition) is 1. The summed E-state index contributed by atoms with van der Waals surface area (Å²) >= 11 is 5.82. The third-order valence-electron chi connectivity index (χ3n) is 2.90. The van der Waals surface area contributed by atoms with E-state index in [0.29, 0.717) is 24.5 Å². The summed E-state index contributed by atoms with van der Waals surface area (Å²) < 4.78 is 5.68. The Labute approximate surface area is 123 Å². The second-order valence-corrected chi connectivity index (χ2v) is 4.96. The summed E-state index contributed by atoms with van der Waals surface area (Å²) in [6.07, 6.45) is 1.03. The average molecular weight is 290 g/mol. The van der Waals surface area contributed by atoms with Crippen LogP contribution in [0.5, 0.6) is 5.75 Å². The van der Waals surface area contributed by atoms with Crippen LogP contribution in [0.4, 0.5) is 0 Å². The summed E-state index contributed by atoms with van der Waals surface area (Å²) in [6, 6.07) is 15.2. The summed E-state index contributed by atoms with van der Waals surface area (Å²) in [5.41, 5.74) is 7.25. The van der Waals surface area contributed by atoms with Gasteiger partial charge in [-0.25, -0.2) is 0 Å². The van der Waals surface area contributed by atoms with Crippen molar-refractivity contribution >= 4 is 17.5 Å². The Morgan fingerprint density at radius 3 is 2.20 bits per heavy atom. The van der Waals surface area contributed by atoms with Gasteiger partial charge in [0.1, 0.15) is 12.4 Å². The predicted octanol–water partition coefficient (Wildman–Crippen LogP) is 3.34. The number of nitrogens with two attached hydrogens (primary N) is 1. The number of ether oxygens (including phenoxy) is 1. The van der Waals surface area contributed by atoms with Gasteiger partial charge in [0.05, 0.1) is 0 Å². The first-order valence-corrected chi connectivity index (χ1v) is 6.76. The molecule has 2 aromatic rings. The Morgan fingerprint density at radius 2 is 1.60 bits per heavy atom. The quantitative estimate of drug-likeness (QED) is 0.887. The minimum atomic E-state index is -0.284. The number of primary amides is 1. The number of hydrogen-bond acceptors (Lipinski definition) is 2. The van der Waals surface area contributed by atoms with E-state index in [4.69, 9.17) is 22.1 Å². The summed E-state index contributed by atoms with van der Waals surface area (Å²) in [5, 5.41) is 0.715. The van der Waals surface area contributed by atoms with Gasteiger partial charge in [0.15, 0.2) is 0 Å². The van der Waals surface area contributed by atoms with Crippen LogP contribution in [0.25, 0.3) is 0 Å². The molecule has 0 aromatic heterocycles. The minimum absolute atomic E-state index is 0.284. The number of carbonyl (C=O) groups excluding carboxylic acids is 1. The second-order valence-electron chi connectivity index (χ2n) is 4.53. The van der Waals surface area contributed by atoms with Crippen molar-refractivity contribution in [2.75, 3.05) is 0 Å². The van der Waals surface area contributed by atoms with E-state index in [9.17, 15) is 4.79 Å². The number of carbonyl (C=O) groups is 1. The van der Waals surface area contributed by atoms with Crippen molar-refractivity contribution in [1.29, 1.82) is 0 Å². The van der Waals surface area contributed by atoms with E-state index in [2.05, 4.69) is 0 Å². The number of halogens is 1. The third kappa shape index (κ3) is 4.59. The van der Waals surface area contributed by atoms with Crippen molar-refractivity contribution in [1.82, 2.24) is 0 Å². The van der Waals surface area contributed by atoms with E-state index in [1.165, 1.54) is 0 Å². The van der Waals surface area contributed by atoms with Gasteiger partial charge in [-0.05, 0) is 41.8 Å². The molecule has 0 aliphatic carbocycles. The molecule has 104 valence electrons. The van der Waals surface area contributed by atoms with E-state index in [1.54, 1.807) is 0 Å². The van der Waals surface area contributed by atoms with Crippen LogP contribution >= 0.6 is 11.6 Å². The topological polar surface area (TPSA) is 52.3 Å². The van der Waals surface area contributed by atoms with Gasteiger partial charge in [-0.15, -0.1) is 0 Å². The fourth-order valence-electron chi connectivity index (χ4n) is 1.77. The number of aryl methyl sites for hydroxylation is 1. The first-order chi connectivity index (χ1) is 9.63. The molecule has 0 unspecified atom stereocenters. The van der Waals surface area contributed by atoms with E-state index >= 15 is 0 Å². The summed E-state index contributed by atoms with van der Waals surface area (Å²) in [6.45, 7) is 0.498. The Bertz CT molecular complexity index is 564. The molecule has 20 heavy (non-hydrogen) atoms. The third-order valence-corrected chi connectivity index (χ3v) is 3.15. The van der Waals surface area contributed by atoms with Gasteiger partial charge in [0.25, 0.3) is 0 Å². The Morgan fingerprint density at radius 1 is 1.00 bits per heavy atom.